The summed E-state index contributed by atoms with van der Waals surface area (Å²) in [5, 5.41) is 9.54. The summed E-state index contributed by atoms with van der Waals surface area (Å²) in [7, 11) is 1.57. The zero-order chi connectivity index (χ0) is 18.8. The molecular formula is C18H17FN2O4S. The molecule has 0 fully saturated rings. The van der Waals surface area contributed by atoms with E-state index >= 15 is 0 Å². The number of thiophene rings is 1. The summed E-state index contributed by atoms with van der Waals surface area (Å²) in [4.78, 5) is 29.1. The Kier molecular flexibility index (Phi) is 5.03. The molecule has 0 saturated heterocycles. The summed E-state index contributed by atoms with van der Waals surface area (Å²) in [5.74, 6) is 0.0143. The largest absolute Gasteiger partial charge is 0.497 e. The number of methoxy groups -OCH3 is 1. The van der Waals surface area contributed by atoms with E-state index in [1.807, 2.05) is 12.1 Å². The fourth-order valence-corrected chi connectivity index (χ4v) is 3.87. The van der Waals surface area contributed by atoms with Crippen LogP contribution in [0.4, 0.5) is 4.39 Å². The maximum Gasteiger partial charge on any atom is 0.346 e. The van der Waals surface area contributed by atoms with Gasteiger partial charge in [-0.2, -0.15) is 0 Å². The topological polar surface area (TPSA) is 81.4 Å². The monoisotopic (exact) mass is 376 g/mol. The Balaban J connectivity index is 2.15. The maximum absolute atomic E-state index is 13.0. The summed E-state index contributed by atoms with van der Waals surface area (Å²) in [6.45, 7) is 0.747. The number of aryl methyl sites for hydroxylation is 1. The van der Waals surface area contributed by atoms with Crippen molar-refractivity contribution in [2.45, 2.75) is 19.9 Å². The summed E-state index contributed by atoms with van der Waals surface area (Å²) in [5.41, 5.74) is 0.854. The van der Waals surface area contributed by atoms with Crippen LogP contribution >= 0.6 is 11.3 Å². The van der Waals surface area contributed by atoms with Crippen molar-refractivity contribution in [2.75, 3.05) is 13.8 Å². The fourth-order valence-electron chi connectivity index (χ4n) is 2.84. The van der Waals surface area contributed by atoms with Gasteiger partial charge >= 0.3 is 5.97 Å². The second kappa shape index (κ2) is 7.25. The number of alkyl halides is 1. The fraction of sp³-hybridized carbons (Fsp3) is 0.278. The summed E-state index contributed by atoms with van der Waals surface area (Å²) in [6, 6.07) is 7.28. The molecule has 3 rings (SSSR count). The van der Waals surface area contributed by atoms with Crippen molar-refractivity contribution in [1.29, 1.82) is 0 Å². The first kappa shape index (κ1) is 18.1. The number of hydrogen-bond donors (Lipinski definition) is 1. The molecule has 0 atom stereocenters. The Morgan fingerprint density at radius 1 is 1.35 bits per heavy atom. The minimum absolute atomic E-state index is 0.0815. The first-order valence-corrected chi connectivity index (χ1v) is 8.73. The smallest absolute Gasteiger partial charge is 0.346 e. The first-order chi connectivity index (χ1) is 12.5. The minimum atomic E-state index is -1.10. The number of carboxylic acids is 1. The highest BCUT2D eigenvalue weighted by atomic mass is 32.1. The molecule has 0 amide bonds. The van der Waals surface area contributed by atoms with Crippen LogP contribution in [-0.2, 0) is 13.0 Å². The number of aromatic nitrogens is 2. The molecule has 0 spiro atoms. The van der Waals surface area contributed by atoms with Gasteiger partial charge in [-0.05, 0) is 30.2 Å². The highest BCUT2D eigenvalue weighted by Crippen LogP contribution is 2.27. The molecule has 1 aromatic carbocycles. The van der Waals surface area contributed by atoms with Crippen LogP contribution < -0.4 is 10.3 Å². The maximum atomic E-state index is 13.0. The van der Waals surface area contributed by atoms with E-state index in [1.165, 1.54) is 4.57 Å². The molecule has 3 aromatic rings. The normalized spacial score (nSPS) is 11.0. The Bertz CT molecular complexity index is 1020. The second-order valence-electron chi connectivity index (χ2n) is 5.74. The number of benzene rings is 1. The van der Waals surface area contributed by atoms with E-state index in [2.05, 4.69) is 4.98 Å². The summed E-state index contributed by atoms with van der Waals surface area (Å²) < 4.78 is 19.4. The van der Waals surface area contributed by atoms with Gasteiger partial charge in [-0.25, -0.2) is 14.2 Å². The third-order valence-corrected chi connectivity index (χ3v) is 5.33. The molecule has 136 valence electrons. The van der Waals surface area contributed by atoms with Gasteiger partial charge in [0, 0.05) is 6.42 Å². The zero-order valence-electron chi connectivity index (χ0n) is 14.3. The molecule has 0 unspecified atom stereocenters. The molecule has 26 heavy (non-hydrogen) atoms. The standard InChI is InChI=1S/C18H17FN2O4S/c1-10-14-16(26-15(10)18(23)24)20-13(21(8-7-19)17(14)22)9-11-3-5-12(25-2)6-4-11/h3-6H,7-9H2,1-2H3,(H,23,24). The lowest BCUT2D eigenvalue weighted by atomic mass is 10.1. The molecule has 0 radical (unpaired) electrons. The van der Waals surface area contributed by atoms with Crippen LogP contribution in [0.15, 0.2) is 29.1 Å². The Labute approximate surface area is 152 Å². The molecule has 0 aliphatic heterocycles. The molecule has 2 heterocycles. The van der Waals surface area contributed by atoms with Gasteiger partial charge in [0.15, 0.2) is 0 Å². The molecule has 0 saturated carbocycles. The van der Waals surface area contributed by atoms with E-state index in [9.17, 15) is 19.1 Å². The summed E-state index contributed by atoms with van der Waals surface area (Å²) >= 11 is 0.966. The predicted molar refractivity (Wildman–Crippen MR) is 97.4 cm³/mol. The van der Waals surface area contributed by atoms with Crippen molar-refractivity contribution in [2.24, 2.45) is 0 Å². The van der Waals surface area contributed by atoms with E-state index in [4.69, 9.17) is 4.74 Å². The lowest BCUT2D eigenvalue weighted by Gasteiger charge is -2.11. The van der Waals surface area contributed by atoms with E-state index in [-0.39, 0.29) is 16.8 Å². The van der Waals surface area contributed by atoms with E-state index < -0.39 is 18.2 Å². The number of aromatic carboxylic acids is 1. The quantitative estimate of drug-likeness (QED) is 0.715. The van der Waals surface area contributed by atoms with Crippen molar-refractivity contribution in [1.82, 2.24) is 9.55 Å². The molecule has 8 heteroatoms. The van der Waals surface area contributed by atoms with Crippen LogP contribution in [0.5, 0.6) is 5.75 Å². The third-order valence-electron chi connectivity index (χ3n) is 4.15. The average molecular weight is 376 g/mol. The number of fused-ring (bicyclic) bond motifs is 1. The summed E-state index contributed by atoms with van der Waals surface area (Å²) in [6.07, 6.45) is 0.328. The van der Waals surface area contributed by atoms with Crippen LogP contribution in [-0.4, -0.2) is 34.4 Å². The van der Waals surface area contributed by atoms with Gasteiger partial charge in [-0.1, -0.05) is 12.1 Å². The van der Waals surface area contributed by atoms with Crippen molar-refractivity contribution < 1.29 is 19.0 Å². The number of halogens is 1. The Morgan fingerprint density at radius 2 is 2.04 bits per heavy atom. The predicted octanol–water partition coefficient (Wildman–Crippen LogP) is 3.03. The molecule has 0 aliphatic rings. The average Bonchev–Trinajstić information content (AvgIpc) is 2.96. The van der Waals surface area contributed by atoms with Crippen LogP contribution in [0, 0.1) is 6.92 Å². The second-order valence-corrected chi connectivity index (χ2v) is 6.74. The molecule has 2 aromatic heterocycles. The molecule has 0 aliphatic carbocycles. The highest BCUT2D eigenvalue weighted by Gasteiger charge is 2.21. The first-order valence-electron chi connectivity index (χ1n) is 7.91. The van der Waals surface area contributed by atoms with Crippen LogP contribution in [0.3, 0.4) is 0 Å². The SMILES string of the molecule is COc1ccc(Cc2nc3sc(C(=O)O)c(C)c3c(=O)n2CCF)cc1. The highest BCUT2D eigenvalue weighted by molar-refractivity contribution is 7.20. The van der Waals surface area contributed by atoms with Crippen LogP contribution in [0.25, 0.3) is 10.2 Å². The van der Waals surface area contributed by atoms with E-state index in [1.54, 1.807) is 26.2 Å². The van der Waals surface area contributed by atoms with Gasteiger partial charge in [-0.3, -0.25) is 9.36 Å². The van der Waals surface area contributed by atoms with Gasteiger partial charge in [0.2, 0.25) is 0 Å². The Morgan fingerprint density at radius 3 is 2.62 bits per heavy atom. The van der Waals surface area contributed by atoms with Crippen molar-refractivity contribution in [3.8, 4) is 5.75 Å². The number of ether oxygens (including phenoxy) is 1. The van der Waals surface area contributed by atoms with Crippen molar-refractivity contribution >= 4 is 27.5 Å². The molecular weight excluding hydrogens is 359 g/mol. The van der Waals surface area contributed by atoms with Gasteiger partial charge in [0.1, 0.15) is 28.0 Å². The van der Waals surface area contributed by atoms with Crippen molar-refractivity contribution in [3.63, 3.8) is 0 Å². The number of rotatable bonds is 6. The molecule has 6 nitrogen and oxygen atoms in total. The lowest BCUT2D eigenvalue weighted by Crippen LogP contribution is -2.26. The number of nitrogens with zero attached hydrogens (tertiary/aromatic N) is 2. The van der Waals surface area contributed by atoms with Gasteiger partial charge in [0.25, 0.3) is 5.56 Å². The minimum Gasteiger partial charge on any atom is -0.497 e. The molecule has 0 bridgehead atoms. The van der Waals surface area contributed by atoms with Crippen molar-refractivity contribution in [3.05, 3.63) is 56.4 Å². The number of carboxylic acid groups (broad SMARTS) is 1. The van der Waals surface area contributed by atoms with Crippen LogP contribution in [0.1, 0.15) is 26.6 Å². The van der Waals surface area contributed by atoms with Crippen LogP contribution in [0.2, 0.25) is 0 Å². The van der Waals surface area contributed by atoms with Gasteiger partial charge < -0.3 is 9.84 Å². The van der Waals surface area contributed by atoms with E-state index in [0.29, 0.717) is 28.4 Å². The third kappa shape index (κ3) is 3.20. The zero-order valence-corrected chi connectivity index (χ0v) is 15.1. The Hall–Kier alpha value is -2.74. The van der Waals surface area contributed by atoms with Gasteiger partial charge in [-0.15, -0.1) is 11.3 Å². The molecule has 1 N–H and O–H groups in total. The van der Waals surface area contributed by atoms with E-state index in [0.717, 1.165) is 16.9 Å². The number of hydrogen-bond acceptors (Lipinski definition) is 5. The lowest BCUT2D eigenvalue weighted by molar-refractivity contribution is 0.0701. The van der Waals surface area contributed by atoms with Gasteiger partial charge in [0.05, 0.1) is 19.0 Å². The number of carbonyl (C=O) groups is 1.